The number of hydrogen-bond donors (Lipinski definition) is 1. The average Bonchev–Trinajstić information content (AvgIpc) is 2.43. The smallest absolute Gasteiger partial charge is 0.237 e. The molecule has 4 bridgehead atoms. The molecule has 5 fully saturated rings. The molecule has 4 nitrogen and oxygen atoms in total. The fraction of sp³-hybridized carbons (Fsp3) is 0.947. The number of nitrogens with zero attached hydrogens (tertiary/aromatic N) is 1. The molecule has 5 aliphatic rings. The van der Waals surface area contributed by atoms with Crippen LogP contribution in [-0.2, 0) is 9.53 Å². The molecule has 1 amide bonds. The topological polar surface area (TPSA) is 41.6 Å². The first-order chi connectivity index (χ1) is 10.9. The molecule has 0 radical (unpaired) electrons. The molecule has 5 rings (SSSR count). The third-order valence-electron chi connectivity index (χ3n) is 6.80. The molecule has 0 aromatic heterocycles. The lowest BCUT2D eigenvalue weighted by molar-refractivity contribution is -0.137. The molecule has 1 saturated heterocycles. The zero-order chi connectivity index (χ0) is 16.2. The molecule has 23 heavy (non-hydrogen) atoms. The standard InChI is InChI=1S/C19H32N2O2/c1-12-10-21(11-13(2)23-12)14(3)18(22)20-19-7-15-4-16(8-19)6-17(5-15)9-19/h12-17H,4-11H2,1-3H3,(H,20,22)/t12-,13+,14-,15?,16?,17?,19?/m1/s1. The average molecular weight is 320 g/mol. The zero-order valence-corrected chi connectivity index (χ0v) is 14.9. The van der Waals surface area contributed by atoms with Gasteiger partial charge in [0.15, 0.2) is 0 Å². The zero-order valence-electron chi connectivity index (χ0n) is 14.9. The first kappa shape index (κ1) is 15.9. The SMILES string of the molecule is C[C@@H]1CN([C@H](C)C(=O)NC23CC4CC(CC(C4)C2)C3)C[C@H](C)O1. The first-order valence-corrected chi connectivity index (χ1v) is 9.64. The van der Waals surface area contributed by atoms with E-state index in [4.69, 9.17) is 4.74 Å². The molecular weight excluding hydrogens is 288 g/mol. The molecule has 4 saturated carbocycles. The third-order valence-corrected chi connectivity index (χ3v) is 6.80. The van der Waals surface area contributed by atoms with Gasteiger partial charge in [0.2, 0.25) is 5.91 Å². The van der Waals surface area contributed by atoms with Crippen molar-refractivity contribution < 1.29 is 9.53 Å². The van der Waals surface area contributed by atoms with E-state index in [1.54, 1.807) is 0 Å². The number of ether oxygens (including phenoxy) is 1. The highest BCUT2D eigenvalue weighted by Crippen LogP contribution is 2.55. The summed E-state index contributed by atoms with van der Waals surface area (Å²) in [7, 11) is 0. The lowest BCUT2D eigenvalue weighted by Gasteiger charge is -2.57. The van der Waals surface area contributed by atoms with Crippen molar-refractivity contribution in [1.29, 1.82) is 0 Å². The van der Waals surface area contributed by atoms with Crippen LogP contribution in [0.5, 0.6) is 0 Å². The van der Waals surface area contributed by atoms with Gasteiger partial charge in [-0.15, -0.1) is 0 Å². The molecular formula is C19H32N2O2. The molecule has 4 aliphatic carbocycles. The van der Waals surface area contributed by atoms with Crippen LogP contribution in [0.15, 0.2) is 0 Å². The summed E-state index contributed by atoms with van der Waals surface area (Å²) in [6.07, 6.45) is 8.38. The number of hydrogen-bond acceptors (Lipinski definition) is 3. The second kappa shape index (κ2) is 5.73. The summed E-state index contributed by atoms with van der Waals surface area (Å²) in [4.78, 5) is 15.2. The Hall–Kier alpha value is -0.610. The Morgan fingerprint density at radius 1 is 1.04 bits per heavy atom. The molecule has 3 atom stereocenters. The third kappa shape index (κ3) is 3.05. The number of carbonyl (C=O) groups excluding carboxylic acids is 1. The van der Waals surface area contributed by atoms with Gasteiger partial charge in [-0.1, -0.05) is 0 Å². The van der Waals surface area contributed by atoms with E-state index in [9.17, 15) is 4.79 Å². The van der Waals surface area contributed by atoms with E-state index < -0.39 is 0 Å². The van der Waals surface area contributed by atoms with Gasteiger partial charge < -0.3 is 10.1 Å². The van der Waals surface area contributed by atoms with E-state index in [-0.39, 0.29) is 29.7 Å². The van der Waals surface area contributed by atoms with Crippen LogP contribution in [0, 0.1) is 17.8 Å². The molecule has 1 heterocycles. The summed E-state index contributed by atoms with van der Waals surface area (Å²) >= 11 is 0. The highest BCUT2D eigenvalue weighted by atomic mass is 16.5. The van der Waals surface area contributed by atoms with E-state index in [1.165, 1.54) is 38.5 Å². The summed E-state index contributed by atoms with van der Waals surface area (Å²) in [5.41, 5.74) is 0.129. The Morgan fingerprint density at radius 2 is 1.52 bits per heavy atom. The minimum absolute atomic E-state index is 0.0446. The molecule has 0 aromatic rings. The van der Waals surface area contributed by atoms with Gasteiger partial charge in [0.25, 0.3) is 0 Å². The maximum Gasteiger partial charge on any atom is 0.237 e. The van der Waals surface area contributed by atoms with Crippen LogP contribution in [0.2, 0.25) is 0 Å². The lowest BCUT2D eigenvalue weighted by Crippen LogP contribution is -2.63. The van der Waals surface area contributed by atoms with Gasteiger partial charge in [-0.05, 0) is 77.0 Å². The molecule has 0 aromatic carbocycles. The van der Waals surface area contributed by atoms with Crippen LogP contribution in [0.25, 0.3) is 0 Å². The second-order valence-electron chi connectivity index (χ2n) is 9.07. The summed E-state index contributed by atoms with van der Waals surface area (Å²) in [6, 6.07) is -0.0446. The number of nitrogens with one attached hydrogen (secondary N) is 1. The Balaban J connectivity index is 1.41. The Morgan fingerprint density at radius 3 is 2.00 bits per heavy atom. The minimum atomic E-state index is -0.0446. The van der Waals surface area contributed by atoms with Crippen LogP contribution < -0.4 is 5.32 Å². The number of amides is 1. The predicted molar refractivity (Wildman–Crippen MR) is 90.1 cm³/mol. The summed E-state index contributed by atoms with van der Waals surface area (Å²) < 4.78 is 5.81. The summed E-state index contributed by atoms with van der Waals surface area (Å²) in [6.45, 7) is 8.00. The van der Waals surface area contributed by atoms with Crippen molar-refractivity contribution in [2.24, 2.45) is 17.8 Å². The predicted octanol–water partition coefficient (Wildman–Crippen LogP) is 2.57. The highest BCUT2D eigenvalue weighted by Gasteiger charge is 2.51. The molecule has 0 unspecified atom stereocenters. The second-order valence-corrected chi connectivity index (χ2v) is 9.07. The minimum Gasteiger partial charge on any atom is -0.373 e. The number of rotatable bonds is 3. The molecule has 0 spiro atoms. The monoisotopic (exact) mass is 320 g/mol. The fourth-order valence-electron chi connectivity index (χ4n) is 6.33. The van der Waals surface area contributed by atoms with Gasteiger partial charge in [0.1, 0.15) is 0 Å². The Kier molecular flexibility index (Phi) is 3.96. The lowest BCUT2D eigenvalue weighted by atomic mass is 9.53. The molecule has 4 heteroatoms. The molecule has 1 aliphatic heterocycles. The van der Waals surface area contributed by atoms with Gasteiger partial charge in [-0.3, -0.25) is 9.69 Å². The van der Waals surface area contributed by atoms with Gasteiger partial charge >= 0.3 is 0 Å². The van der Waals surface area contributed by atoms with E-state index >= 15 is 0 Å². The van der Waals surface area contributed by atoms with Crippen LogP contribution in [-0.4, -0.2) is 47.7 Å². The van der Waals surface area contributed by atoms with Crippen molar-refractivity contribution in [1.82, 2.24) is 10.2 Å². The maximum atomic E-state index is 12.9. The molecule has 130 valence electrons. The normalized spacial score (nSPS) is 47.5. The fourth-order valence-corrected chi connectivity index (χ4v) is 6.33. The van der Waals surface area contributed by atoms with Gasteiger partial charge in [0, 0.05) is 18.6 Å². The number of morpholine rings is 1. The highest BCUT2D eigenvalue weighted by molar-refractivity contribution is 5.82. The quantitative estimate of drug-likeness (QED) is 0.869. The van der Waals surface area contributed by atoms with Crippen molar-refractivity contribution in [2.45, 2.75) is 83.1 Å². The van der Waals surface area contributed by atoms with E-state index in [0.29, 0.717) is 0 Å². The van der Waals surface area contributed by atoms with Gasteiger partial charge in [0.05, 0.1) is 18.2 Å². The van der Waals surface area contributed by atoms with Crippen LogP contribution in [0.1, 0.15) is 59.3 Å². The van der Waals surface area contributed by atoms with Crippen molar-refractivity contribution in [3.63, 3.8) is 0 Å². The van der Waals surface area contributed by atoms with Crippen molar-refractivity contribution in [2.75, 3.05) is 13.1 Å². The Labute approximate surface area is 140 Å². The number of carbonyl (C=O) groups is 1. The van der Waals surface area contributed by atoms with Gasteiger partial charge in [-0.25, -0.2) is 0 Å². The maximum absolute atomic E-state index is 12.9. The van der Waals surface area contributed by atoms with Crippen LogP contribution in [0.3, 0.4) is 0 Å². The molecule has 1 N–H and O–H groups in total. The van der Waals surface area contributed by atoms with Gasteiger partial charge in [-0.2, -0.15) is 0 Å². The largest absolute Gasteiger partial charge is 0.373 e. The van der Waals surface area contributed by atoms with Crippen LogP contribution >= 0.6 is 0 Å². The van der Waals surface area contributed by atoms with E-state index in [0.717, 1.165) is 30.8 Å². The summed E-state index contributed by atoms with van der Waals surface area (Å²) in [5.74, 6) is 2.87. The van der Waals surface area contributed by atoms with Crippen molar-refractivity contribution in [3.8, 4) is 0 Å². The first-order valence-electron chi connectivity index (χ1n) is 9.64. The van der Waals surface area contributed by atoms with Crippen molar-refractivity contribution in [3.05, 3.63) is 0 Å². The Bertz CT molecular complexity index is 433. The van der Waals surface area contributed by atoms with Crippen LogP contribution in [0.4, 0.5) is 0 Å². The van der Waals surface area contributed by atoms with E-state index in [2.05, 4.69) is 31.0 Å². The van der Waals surface area contributed by atoms with Crippen molar-refractivity contribution >= 4 is 5.91 Å². The summed E-state index contributed by atoms with van der Waals surface area (Å²) in [5, 5.41) is 3.53. The van der Waals surface area contributed by atoms with E-state index in [1.807, 2.05) is 0 Å².